The van der Waals surface area contributed by atoms with Crippen LogP contribution in [0.1, 0.15) is 19.8 Å². The van der Waals surface area contributed by atoms with Crippen molar-refractivity contribution in [3.63, 3.8) is 0 Å². The number of aliphatic hydroxyl groups excluding tert-OH is 1. The fourth-order valence-corrected chi connectivity index (χ4v) is 1.10. The van der Waals surface area contributed by atoms with Crippen LogP contribution in [0, 0.1) is 0 Å². The summed E-state index contributed by atoms with van der Waals surface area (Å²) in [5.41, 5.74) is 0. The van der Waals surface area contributed by atoms with Gasteiger partial charge in [-0.15, -0.1) is 0 Å². The maximum atomic E-state index is 9.57. The van der Waals surface area contributed by atoms with Crippen LogP contribution in [0.2, 0.25) is 0 Å². The van der Waals surface area contributed by atoms with Crippen molar-refractivity contribution in [3.05, 3.63) is 0 Å². The Bertz CT molecular complexity index is 188. The minimum absolute atomic E-state index is 0.00993. The van der Waals surface area contributed by atoms with Crippen molar-refractivity contribution >= 4 is 0 Å². The predicted octanol–water partition coefficient (Wildman–Crippen LogP) is -0.169. The van der Waals surface area contributed by atoms with E-state index in [2.05, 4.69) is 0 Å². The average Bonchev–Trinajstić information content (AvgIpc) is 2.90. The second-order valence-electron chi connectivity index (χ2n) is 3.49. The number of ether oxygens (including phenoxy) is 4. The topological polar surface area (TPSA) is 80.7 Å². The van der Waals surface area contributed by atoms with Crippen molar-refractivity contribution in [1.82, 2.24) is 0 Å². The highest BCUT2D eigenvalue weighted by Crippen LogP contribution is 2.35. The van der Waals surface area contributed by atoms with Crippen LogP contribution in [-0.2, 0) is 18.9 Å². The van der Waals surface area contributed by atoms with Crippen LogP contribution in [0.25, 0.3) is 0 Å². The van der Waals surface area contributed by atoms with E-state index in [1.165, 1.54) is 0 Å². The van der Waals surface area contributed by atoms with E-state index in [0.29, 0.717) is 19.8 Å². The first kappa shape index (κ1) is 13.8. The Morgan fingerprint density at radius 3 is 2.75 bits per heavy atom. The van der Waals surface area contributed by atoms with Crippen molar-refractivity contribution in [2.24, 2.45) is 0 Å². The molecule has 96 valence electrons. The quantitative estimate of drug-likeness (QED) is 0.311. The Morgan fingerprint density at radius 1 is 1.25 bits per heavy atom. The standard InChI is InChI=1S/C10H20O6/c1-2-3-5-15-10(12)9(16-10)14-8-7-13-6-4-11/h9,11-12H,2-8H2,1H3. The summed E-state index contributed by atoms with van der Waals surface area (Å²) < 4.78 is 20.1. The first-order valence-electron chi connectivity index (χ1n) is 5.57. The van der Waals surface area contributed by atoms with Gasteiger partial charge in [0, 0.05) is 0 Å². The van der Waals surface area contributed by atoms with Crippen molar-refractivity contribution in [2.45, 2.75) is 32.0 Å². The van der Waals surface area contributed by atoms with Gasteiger partial charge in [0.2, 0.25) is 6.29 Å². The molecular formula is C10H20O6. The Hall–Kier alpha value is -0.240. The number of unbranched alkanes of at least 4 members (excludes halogenated alkanes) is 1. The highest BCUT2D eigenvalue weighted by atomic mass is 17.0. The summed E-state index contributed by atoms with van der Waals surface area (Å²) in [5.74, 6) is -1.56. The van der Waals surface area contributed by atoms with Gasteiger partial charge in [-0.05, 0) is 6.42 Å². The molecule has 0 bridgehead atoms. The van der Waals surface area contributed by atoms with Gasteiger partial charge in [-0.1, -0.05) is 13.3 Å². The molecule has 1 fully saturated rings. The van der Waals surface area contributed by atoms with Crippen LogP contribution in [0.5, 0.6) is 0 Å². The molecule has 0 spiro atoms. The van der Waals surface area contributed by atoms with E-state index in [4.69, 9.17) is 24.1 Å². The molecule has 1 aliphatic rings. The molecule has 6 heteroatoms. The van der Waals surface area contributed by atoms with E-state index < -0.39 is 12.3 Å². The zero-order valence-electron chi connectivity index (χ0n) is 9.55. The summed E-state index contributed by atoms with van der Waals surface area (Å²) in [6, 6.07) is 0. The molecule has 0 aromatic rings. The van der Waals surface area contributed by atoms with Crippen molar-refractivity contribution < 1.29 is 29.2 Å². The molecule has 6 nitrogen and oxygen atoms in total. The summed E-state index contributed by atoms with van der Waals surface area (Å²) in [6.45, 7) is 3.41. The molecule has 16 heavy (non-hydrogen) atoms. The summed E-state index contributed by atoms with van der Waals surface area (Å²) >= 11 is 0. The van der Waals surface area contributed by atoms with Crippen molar-refractivity contribution in [2.75, 3.05) is 33.0 Å². The van der Waals surface area contributed by atoms with Gasteiger partial charge in [0.05, 0.1) is 33.0 Å². The third-order valence-electron chi connectivity index (χ3n) is 2.06. The van der Waals surface area contributed by atoms with Crippen LogP contribution in [0.4, 0.5) is 0 Å². The van der Waals surface area contributed by atoms with Gasteiger partial charge in [0.15, 0.2) is 0 Å². The molecule has 1 heterocycles. The van der Waals surface area contributed by atoms with E-state index in [-0.39, 0.29) is 13.2 Å². The lowest BCUT2D eigenvalue weighted by molar-refractivity contribution is -0.199. The summed E-state index contributed by atoms with van der Waals surface area (Å²) in [7, 11) is 0. The molecule has 0 aromatic carbocycles. The Kier molecular flexibility index (Phi) is 6.18. The van der Waals surface area contributed by atoms with E-state index in [1.807, 2.05) is 6.92 Å². The second-order valence-corrected chi connectivity index (χ2v) is 3.49. The number of epoxide rings is 1. The minimum atomic E-state index is -1.56. The lowest BCUT2D eigenvalue weighted by Gasteiger charge is -2.06. The highest BCUT2D eigenvalue weighted by molar-refractivity contribution is 4.75. The maximum absolute atomic E-state index is 9.57. The van der Waals surface area contributed by atoms with Gasteiger partial charge >= 0.3 is 5.97 Å². The molecule has 0 amide bonds. The summed E-state index contributed by atoms with van der Waals surface area (Å²) in [6.07, 6.45) is 1.15. The zero-order valence-corrected chi connectivity index (χ0v) is 9.55. The van der Waals surface area contributed by atoms with Crippen LogP contribution in [-0.4, -0.2) is 55.5 Å². The van der Waals surface area contributed by atoms with Gasteiger partial charge in [0.25, 0.3) is 0 Å². The fraction of sp³-hybridized carbons (Fsp3) is 1.00. The third kappa shape index (κ3) is 4.73. The monoisotopic (exact) mass is 236 g/mol. The van der Waals surface area contributed by atoms with Crippen molar-refractivity contribution in [1.29, 1.82) is 0 Å². The number of rotatable bonds is 10. The van der Waals surface area contributed by atoms with E-state index in [1.54, 1.807) is 0 Å². The number of aliphatic hydroxyl groups is 2. The molecular weight excluding hydrogens is 216 g/mol. The molecule has 2 N–H and O–H groups in total. The lowest BCUT2D eigenvalue weighted by atomic mass is 10.4. The molecule has 0 aliphatic carbocycles. The van der Waals surface area contributed by atoms with Crippen LogP contribution in [0.3, 0.4) is 0 Å². The van der Waals surface area contributed by atoms with E-state index in [0.717, 1.165) is 12.8 Å². The smallest absolute Gasteiger partial charge is 0.337 e. The number of hydrogen-bond donors (Lipinski definition) is 2. The van der Waals surface area contributed by atoms with Crippen LogP contribution < -0.4 is 0 Å². The van der Waals surface area contributed by atoms with Gasteiger partial charge in [0.1, 0.15) is 0 Å². The van der Waals surface area contributed by atoms with Gasteiger partial charge in [-0.3, -0.25) is 4.74 Å². The zero-order chi connectivity index (χ0) is 11.9. The Labute approximate surface area is 95.1 Å². The maximum Gasteiger partial charge on any atom is 0.337 e. The van der Waals surface area contributed by atoms with Crippen LogP contribution >= 0.6 is 0 Å². The third-order valence-corrected chi connectivity index (χ3v) is 2.06. The molecule has 2 atom stereocenters. The molecule has 1 rings (SSSR count). The molecule has 1 saturated heterocycles. The van der Waals surface area contributed by atoms with E-state index in [9.17, 15) is 5.11 Å². The SMILES string of the molecule is CCCCOC1(O)OC1OCCOCCO. The Balaban J connectivity index is 1.95. The molecule has 0 aromatic heterocycles. The Morgan fingerprint density at radius 2 is 2.06 bits per heavy atom. The van der Waals surface area contributed by atoms with Gasteiger partial charge < -0.3 is 24.4 Å². The fourth-order valence-electron chi connectivity index (χ4n) is 1.10. The summed E-state index contributed by atoms with van der Waals surface area (Å²) in [5, 5.41) is 18.0. The molecule has 0 saturated carbocycles. The van der Waals surface area contributed by atoms with Gasteiger partial charge in [-0.2, -0.15) is 0 Å². The highest BCUT2D eigenvalue weighted by Gasteiger charge is 2.59. The normalized spacial score (nSPS) is 28.3. The van der Waals surface area contributed by atoms with E-state index >= 15 is 0 Å². The summed E-state index contributed by atoms with van der Waals surface area (Å²) in [4.78, 5) is 0. The van der Waals surface area contributed by atoms with Crippen molar-refractivity contribution in [3.8, 4) is 0 Å². The minimum Gasteiger partial charge on any atom is -0.394 e. The second kappa shape index (κ2) is 7.16. The molecule has 0 radical (unpaired) electrons. The largest absolute Gasteiger partial charge is 0.394 e. The average molecular weight is 236 g/mol. The first-order chi connectivity index (χ1) is 7.73. The van der Waals surface area contributed by atoms with Gasteiger partial charge in [-0.25, -0.2) is 0 Å². The lowest BCUT2D eigenvalue weighted by Crippen LogP contribution is -2.22. The first-order valence-corrected chi connectivity index (χ1v) is 5.57. The predicted molar refractivity (Wildman–Crippen MR) is 54.5 cm³/mol. The van der Waals surface area contributed by atoms with Crippen LogP contribution in [0.15, 0.2) is 0 Å². The molecule has 1 aliphatic heterocycles. The number of hydrogen-bond acceptors (Lipinski definition) is 6. The molecule has 2 unspecified atom stereocenters.